The van der Waals surface area contributed by atoms with Gasteiger partial charge in [-0.15, -0.1) is 0 Å². The first kappa shape index (κ1) is 16.7. The van der Waals surface area contributed by atoms with Gasteiger partial charge in [-0.05, 0) is 36.8 Å². The van der Waals surface area contributed by atoms with Gasteiger partial charge in [0.2, 0.25) is 0 Å². The summed E-state index contributed by atoms with van der Waals surface area (Å²) in [4.78, 5) is 27.3. The normalized spacial score (nSPS) is 17.1. The highest BCUT2D eigenvalue weighted by Crippen LogP contribution is 2.22. The van der Waals surface area contributed by atoms with E-state index in [4.69, 9.17) is 11.6 Å². The molecule has 3 rings (SSSR count). The Balaban J connectivity index is 1.89. The monoisotopic (exact) mass is 343 g/mol. The lowest BCUT2D eigenvalue weighted by molar-refractivity contribution is 0.0777. The third-order valence-electron chi connectivity index (χ3n) is 4.34. The Morgan fingerprint density at radius 2 is 1.75 bits per heavy atom. The minimum Gasteiger partial charge on any atom is -0.396 e. The smallest absolute Gasteiger partial charge is 0.254 e. The van der Waals surface area contributed by atoms with E-state index in [-0.39, 0.29) is 24.2 Å². The van der Waals surface area contributed by atoms with Crippen LogP contribution in [0.1, 0.15) is 32.7 Å². The quantitative estimate of drug-likeness (QED) is 0.868. The highest BCUT2D eigenvalue weighted by atomic mass is 35.5. The van der Waals surface area contributed by atoms with E-state index in [1.54, 1.807) is 53.4 Å². The van der Waals surface area contributed by atoms with Gasteiger partial charge in [-0.2, -0.15) is 0 Å². The summed E-state index contributed by atoms with van der Waals surface area (Å²) in [6.07, 6.45) is 0.787. The fourth-order valence-electron chi connectivity index (χ4n) is 2.96. The molecule has 1 unspecified atom stereocenters. The minimum atomic E-state index is -0.200. The van der Waals surface area contributed by atoms with Gasteiger partial charge in [0.25, 0.3) is 5.91 Å². The molecule has 5 heteroatoms. The number of ketones is 1. The molecular formula is C19H18ClNO3. The molecule has 0 saturated carbocycles. The highest BCUT2D eigenvalue weighted by Gasteiger charge is 2.28. The Morgan fingerprint density at radius 3 is 2.38 bits per heavy atom. The third kappa shape index (κ3) is 3.35. The van der Waals surface area contributed by atoms with Crippen molar-refractivity contribution in [3.63, 3.8) is 0 Å². The van der Waals surface area contributed by atoms with E-state index >= 15 is 0 Å². The van der Waals surface area contributed by atoms with Gasteiger partial charge in [-0.1, -0.05) is 29.8 Å². The van der Waals surface area contributed by atoms with E-state index in [1.807, 2.05) is 0 Å². The molecular weight excluding hydrogens is 326 g/mol. The van der Waals surface area contributed by atoms with Crippen molar-refractivity contribution in [2.75, 3.05) is 19.7 Å². The molecule has 124 valence electrons. The Hall–Kier alpha value is -2.17. The number of carbonyl (C=O) groups is 2. The Kier molecular flexibility index (Phi) is 4.97. The Bertz CT molecular complexity index is 757. The first-order valence-electron chi connectivity index (χ1n) is 7.89. The van der Waals surface area contributed by atoms with Crippen LogP contribution in [-0.4, -0.2) is 41.4 Å². The molecule has 1 amide bonds. The number of aliphatic hydroxyl groups excluding tert-OH is 1. The maximum absolute atomic E-state index is 12.8. The lowest BCUT2D eigenvalue weighted by Crippen LogP contribution is -2.30. The fourth-order valence-corrected chi connectivity index (χ4v) is 3.09. The van der Waals surface area contributed by atoms with Crippen molar-refractivity contribution in [2.45, 2.75) is 6.42 Å². The second-order valence-electron chi connectivity index (χ2n) is 5.97. The minimum absolute atomic E-state index is 0.0785. The summed E-state index contributed by atoms with van der Waals surface area (Å²) in [6.45, 7) is 1.21. The van der Waals surface area contributed by atoms with E-state index in [2.05, 4.69) is 0 Å². The second kappa shape index (κ2) is 7.16. The molecule has 1 atom stereocenters. The van der Waals surface area contributed by atoms with Crippen molar-refractivity contribution in [3.8, 4) is 0 Å². The first-order valence-corrected chi connectivity index (χ1v) is 8.27. The zero-order valence-corrected chi connectivity index (χ0v) is 13.9. The number of hydrogen-bond donors (Lipinski definition) is 1. The number of benzene rings is 2. The molecule has 0 aliphatic carbocycles. The van der Waals surface area contributed by atoms with Gasteiger partial charge in [0, 0.05) is 41.8 Å². The SMILES string of the molecule is O=C(c1ccc(Cl)cc1)c1ccccc1C(=O)N1CCC(CO)C1. The molecule has 0 spiro atoms. The summed E-state index contributed by atoms with van der Waals surface area (Å²) in [7, 11) is 0. The van der Waals surface area contributed by atoms with Gasteiger partial charge in [-0.3, -0.25) is 9.59 Å². The summed E-state index contributed by atoms with van der Waals surface area (Å²) in [6, 6.07) is 13.5. The van der Waals surface area contributed by atoms with Crippen molar-refractivity contribution in [3.05, 3.63) is 70.2 Å². The van der Waals surface area contributed by atoms with Crippen LogP contribution in [0.3, 0.4) is 0 Å². The Labute approximate surface area is 145 Å². The zero-order chi connectivity index (χ0) is 17.1. The van der Waals surface area contributed by atoms with Gasteiger partial charge in [0.1, 0.15) is 0 Å². The molecule has 1 saturated heterocycles. The maximum Gasteiger partial charge on any atom is 0.254 e. The van der Waals surface area contributed by atoms with Crippen LogP contribution in [0.25, 0.3) is 0 Å². The molecule has 1 fully saturated rings. The standard InChI is InChI=1S/C19H18ClNO3/c20-15-7-5-14(6-8-15)18(23)16-3-1-2-4-17(16)19(24)21-10-9-13(11-21)12-22/h1-8,13,22H,9-12H2. The maximum atomic E-state index is 12.8. The first-order chi connectivity index (χ1) is 11.6. The average Bonchev–Trinajstić information content (AvgIpc) is 3.10. The number of rotatable bonds is 4. The molecule has 1 aliphatic rings. The van der Waals surface area contributed by atoms with E-state index in [0.29, 0.717) is 34.8 Å². The largest absolute Gasteiger partial charge is 0.396 e. The fraction of sp³-hybridized carbons (Fsp3) is 0.263. The molecule has 0 bridgehead atoms. The predicted molar refractivity (Wildman–Crippen MR) is 92.4 cm³/mol. The number of amides is 1. The van der Waals surface area contributed by atoms with Crippen molar-refractivity contribution in [1.29, 1.82) is 0 Å². The molecule has 24 heavy (non-hydrogen) atoms. The molecule has 4 nitrogen and oxygen atoms in total. The van der Waals surface area contributed by atoms with Crippen LogP contribution in [0.4, 0.5) is 0 Å². The number of halogens is 1. The molecule has 2 aromatic carbocycles. The van der Waals surface area contributed by atoms with Gasteiger partial charge in [-0.25, -0.2) is 0 Å². The van der Waals surface area contributed by atoms with Gasteiger partial charge in [0.05, 0.1) is 5.56 Å². The molecule has 1 N–H and O–H groups in total. The molecule has 2 aromatic rings. The summed E-state index contributed by atoms with van der Waals surface area (Å²) in [5.41, 5.74) is 1.28. The number of carbonyl (C=O) groups excluding carboxylic acids is 2. The van der Waals surface area contributed by atoms with Crippen molar-refractivity contribution in [1.82, 2.24) is 4.90 Å². The number of likely N-dealkylation sites (tertiary alicyclic amines) is 1. The number of aliphatic hydroxyl groups is 1. The summed E-state index contributed by atoms with van der Waals surface area (Å²) in [5, 5.41) is 9.81. The van der Waals surface area contributed by atoms with Crippen molar-refractivity contribution < 1.29 is 14.7 Å². The van der Waals surface area contributed by atoms with Gasteiger partial charge >= 0.3 is 0 Å². The van der Waals surface area contributed by atoms with Crippen molar-refractivity contribution in [2.24, 2.45) is 5.92 Å². The second-order valence-corrected chi connectivity index (χ2v) is 6.41. The van der Waals surface area contributed by atoms with E-state index in [1.165, 1.54) is 0 Å². The summed E-state index contributed by atoms with van der Waals surface area (Å²) < 4.78 is 0. The average molecular weight is 344 g/mol. The summed E-state index contributed by atoms with van der Waals surface area (Å²) in [5.74, 6) is -0.245. The predicted octanol–water partition coefficient (Wildman–Crippen LogP) is 3.03. The van der Waals surface area contributed by atoms with Crippen LogP contribution < -0.4 is 0 Å². The van der Waals surface area contributed by atoms with Crippen LogP contribution >= 0.6 is 11.6 Å². The zero-order valence-electron chi connectivity index (χ0n) is 13.1. The third-order valence-corrected chi connectivity index (χ3v) is 4.59. The lowest BCUT2D eigenvalue weighted by atomic mass is 9.97. The molecule has 0 radical (unpaired) electrons. The lowest BCUT2D eigenvalue weighted by Gasteiger charge is -2.18. The molecule has 1 aliphatic heterocycles. The number of nitrogens with zero attached hydrogens (tertiary/aromatic N) is 1. The van der Waals surface area contributed by atoms with Crippen LogP contribution in [0.2, 0.25) is 5.02 Å². The highest BCUT2D eigenvalue weighted by molar-refractivity contribution is 6.30. The molecule has 1 heterocycles. The van der Waals surface area contributed by atoms with Crippen LogP contribution in [-0.2, 0) is 0 Å². The van der Waals surface area contributed by atoms with Gasteiger partial charge in [0.15, 0.2) is 5.78 Å². The molecule has 0 aromatic heterocycles. The van der Waals surface area contributed by atoms with Gasteiger partial charge < -0.3 is 10.0 Å². The van der Waals surface area contributed by atoms with Crippen LogP contribution in [0, 0.1) is 5.92 Å². The Morgan fingerprint density at radius 1 is 1.08 bits per heavy atom. The summed E-state index contributed by atoms with van der Waals surface area (Å²) >= 11 is 5.87. The van der Waals surface area contributed by atoms with E-state index in [9.17, 15) is 14.7 Å². The van der Waals surface area contributed by atoms with Crippen molar-refractivity contribution >= 4 is 23.3 Å². The number of hydrogen-bond acceptors (Lipinski definition) is 3. The van der Waals surface area contributed by atoms with E-state index in [0.717, 1.165) is 6.42 Å². The van der Waals surface area contributed by atoms with Crippen LogP contribution in [0.15, 0.2) is 48.5 Å². The van der Waals surface area contributed by atoms with Crippen LogP contribution in [0.5, 0.6) is 0 Å². The van der Waals surface area contributed by atoms with E-state index < -0.39 is 0 Å². The topological polar surface area (TPSA) is 57.6 Å².